The molecule has 19 heavy (non-hydrogen) atoms. The SMILES string of the molecule is CC(C)OC(=O)[C@@H](C)NP(C)(=S)Oc1ccccc1. The molecule has 4 nitrogen and oxygen atoms in total. The lowest BCUT2D eigenvalue weighted by Crippen LogP contribution is -2.35. The molecule has 0 aliphatic carbocycles. The lowest BCUT2D eigenvalue weighted by Gasteiger charge is -2.24. The molecule has 0 radical (unpaired) electrons. The Kier molecular flexibility index (Phi) is 5.98. The van der Waals surface area contributed by atoms with Crippen molar-refractivity contribution in [3.8, 4) is 5.75 Å². The summed E-state index contributed by atoms with van der Waals surface area (Å²) in [6, 6.07) is 8.85. The first kappa shape index (κ1) is 16.2. The van der Waals surface area contributed by atoms with Crippen molar-refractivity contribution >= 4 is 24.2 Å². The molecule has 0 saturated carbocycles. The van der Waals surface area contributed by atoms with Crippen molar-refractivity contribution in [2.24, 2.45) is 0 Å². The molecule has 0 saturated heterocycles. The zero-order chi connectivity index (χ0) is 14.5. The Morgan fingerprint density at radius 3 is 2.37 bits per heavy atom. The Hall–Kier alpha value is -0.900. The molecule has 1 N–H and O–H groups in total. The van der Waals surface area contributed by atoms with E-state index < -0.39 is 12.5 Å². The summed E-state index contributed by atoms with van der Waals surface area (Å²) in [4.78, 5) is 11.7. The molecule has 0 aliphatic heterocycles. The minimum Gasteiger partial charge on any atom is -0.462 e. The highest BCUT2D eigenvalue weighted by Gasteiger charge is 2.22. The molecule has 1 rings (SSSR count). The summed E-state index contributed by atoms with van der Waals surface area (Å²) in [5.41, 5.74) is 0. The molecular weight excluding hydrogens is 281 g/mol. The van der Waals surface area contributed by atoms with Gasteiger partial charge in [-0.2, -0.15) is 0 Å². The molecule has 0 fully saturated rings. The van der Waals surface area contributed by atoms with Gasteiger partial charge >= 0.3 is 5.97 Å². The molecule has 1 aromatic rings. The second-order valence-corrected chi connectivity index (χ2v) is 8.81. The fraction of sp³-hybridized carbons (Fsp3) is 0.462. The first-order valence-corrected chi connectivity index (χ1v) is 9.27. The Morgan fingerprint density at radius 1 is 1.26 bits per heavy atom. The van der Waals surface area contributed by atoms with Gasteiger partial charge < -0.3 is 9.26 Å². The van der Waals surface area contributed by atoms with Gasteiger partial charge in [-0.15, -0.1) is 0 Å². The normalized spacial score (nSPS) is 15.6. The molecular formula is C13H20NO3PS. The number of carbonyl (C=O) groups excluding carboxylic acids is 1. The number of hydrogen-bond donors (Lipinski definition) is 1. The van der Waals surface area contributed by atoms with Gasteiger partial charge in [0.15, 0.2) is 6.42 Å². The largest absolute Gasteiger partial charge is 0.462 e. The van der Waals surface area contributed by atoms with Crippen LogP contribution in [0.15, 0.2) is 30.3 Å². The first-order valence-electron chi connectivity index (χ1n) is 6.10. The van der Waals surface area contributed by atoms with Gasteiger partial charge in [-0.3, -0.25) is 4.79 Å². The van der Waals surface area contributed by atoms with E-state index in [1.165, 1.54) is 0 Å². The first-order chi connectivity index (χ1) is 8.80. The molecule has 0 spiro atoms. The van der Waals surface area contributed by atoms with E-state index in [4.69, 9.17) is 21.1 Å². The van der Waals surface area contributed by atoms with E-state index >= 15 is 0 Å². The van der Waals surface area contributed by atoms with Crippen LogP contribution in [0.4, 0.5) is 0 Å². The van der Waals surface area contributed by atoms with Crippen LogP contribution in [0, 0.1) is 0 Å². The number of rotatable bonds is 6. The van der Waals surface area contributed by atoms with Gasteiger partial charge in [-0.1, -0.05) is 18.2 Å². The Morgan fingerprint density at radius 2 is 1.84 bits per heavy atom. The van der Waals surface area contributed by atoms with Crippen LogP contribution in [0.5, 0.6) is 5.75 Å². The molecule has 0 aromatic heterocycles. The summed E-state index contributed by atoms with van der Waals surface area (Å²) in [6.45, 7) is 7.15. The topological polar surface area (TPSA) is 47.6 Å². The number of ether oxygens (including phenoxy) is 1. The van der Waals surface area contributed by atoms with Crippen LogP contribution in [0.25, 0.3) is 0 Å². The highest BCUT2D eigenvalue weighted by molar-refractivity contribution is 8.11. The van der Waals surface area contributed by atoms with Crippen LogP contribution >= 0.6 is 6.42 Å². The molecule has 0 heterocycles. The molecule has 106 valence electrons. The summed E-state index contributed by atoms with van der Waals surface area (Å²) in [6.07, 6.45) is -2.42. The van der Waals surface area contributed by atoms with Crippen molar-refractivity contribution in [2.45, 2.75) is 32.9 Å². The molecule has 1 unspecified atom stereocenters. The van der Waals surface area contributed by atoms with E-state index in [1.54, 1.807) is 13.6 Å². The van der Waals surface area contributed by atoms with Gasteiger partial charge in [0.25, 0.3) is 0 Å². The van der Waals surface area contributed by atoms with Gasteiger partial charge in [0.05, 0.1) is 6.10 Å². The van der Waals surface area contributed by atoms with Crippen LogP contribution in [0.3, 0.4) is 0 Å². The number of carbonyl (C=O) groups is 1. The third-order valence-electron chi connectivity index (χ3n) is 2.16. The smallest absolute Gasteiger partial charge is 0.323 e. The molecule has 2 atom stereocenters. The zero-order valence-electron chi connectivity index (χ0n) is 11.6. The van der Waals surface area contributed by atoms with Crippen molar-refractivity contribution < 1.29 is 14.1 Å². The van der Waals surface area contributed by atoms with E-state index in [0.29, 0.717) is 5.75 Å². The summed E-state index contributed by atoms with van der Waals surface area (Å²) in [5.74, 6) is 0.382. The lowest BCUT2D eigenvalue weighted by molar-refractivity contribution is -0.148. The molecule has 0 amide bonds. The average Bonchev–Trinajstić information content (AvgIpc) is 2.27. The van der Waals surface area contributed by atoms with Crippen LogP contribution in [0.1, 0.15) is 20.8 Å². The summed E-state index contributed by atoms with van der Waals surface area (Å²) in [7, 11) is 0. The third kappa shape index (κ3) is 6.19. The monoisotopic (exact) mass is 301 g/mol. The predicted molar refractivity (Wildman–Crippen MR) is 81.1 cm³/mol. The number of benzene rings is 1. The number of nitrogens with one attached hydrogen (secondary N) is 1. The predicted octanol–water partition coefficient (Wildman–Crippen LogP) is 2.93. The minimum atomic E-state index is -2.29. The zero-order valence-corrected chi connectivity index (χ0v) is 13.3. The summed E-state index contributed by atoms with van der Waals surface area (Å²) in [5, 5.41) is 3.04. The molecule has 6 heteroatoms. The number of esters is 1. The Labute approximate surface area is 119 Å². The summed E-state index contributed by atoms with van der Waals surface area (Å²) >= 11 is 5.40. The third-order valence-corrected chi connectivity index (χ3v) is 4.11. The van der Waals surface area contributed by atoms with Crippen molar-refractivity contribution in [3.05, 3.63) is 30.3 Å². The molecule has 1 aromatic carbocycles. The van der Waals surface area contributed by atoms with E-state index in [0.717, 1.165) is 0 Å². The number of para-hydroxylation sites is 1. The van der Waals surface area contributed by atoms with Crippen LogP contribution < -0.4 is 9.61 Å². The quantitative estimate of drug-likeness (QED) is 0.646. The minimum absolute atomic E-state index is 0.137. The molecule has 0 bridgehead atoms. The summed E-state index contributed by atoms with van der Waals surface area (Å²) < 4.78 is 10.9. The van der Waals surface area contributed by atoms with Gasteiger partial charge in [-0.05, 0) is 44.7 Å². The number of hydrogen-bond acceptors (Lipinski definition) is 4. The second kappa shape index (κ2) is 7.04. The van der Waals surface area contributed by atoms with Crippen molar-refractivity contribution in [1.29, 1.82) is 0 Å². The van der Waals surface area contributed by atoms with Crippen LogP contribution in [0.2, 0.25) is 0 Å². The van der Waals surface area contributed by atoms with Gasteiger partial charge in [0.1, 0.15) is 11.8 Å². The van der Waals surface area contributed by atoms with E-state index in [2.05, 4.69) is 5.09 Å². The van der Waals surface area contributed by atoms with Gasteiger partial charge in [-0.25, -0.2) is 5.09 Å². The maximum absolute atomic E-state index is 11.7. The van der Waals surface area contributed by atoms with E-state index in [9.17, 15) is 4.79 Å². The Balaban J connectivity index is 2.59. The fourth-order valence-corrected chi connectivity index (χ4v) is 3.57. The van der Waals surface area contributed by atoms with Crippen LogP contribution in [-0.2, 0) is 21.3 Å². The van der Waals surface area contributed by atoms with Crippen molar-refractivity contribution in [2.75, 3.05) is 6.66 Å². The maximum Gasteiger partial charge on any atom is 0.323 e. The fourth-order valence-electron chi connectivity index (χ4n) is 1.45. The highest BCUT2D eigenvalue weighted by atomic mass is 32.4. The van der Waals surface area contributed by atoms with E-state index in [-0.39, 0.29) is 12.1 Å². The van der Waals surface area contributed by atoms with Gasteiger partial charge in [0.2, 0.25) is 0 Å². The van der Waals surface area contributed by atoms with Crippen LogP contribution in [-0.4, -0.2) is 24.8 Å². The maximum atomic E-state index is 11.7. The van der Waals surface area contributed by atoms with Gasteiger partial charge in [0, 0.05) is 6.66 Å². The van der Waals surface area contributed by atoms with Crippen molar-refractivity contribution in [1.82, 2.24) is 5.09 Å². The lowest BCUT2D eigenvalue weighted by atomic mass is 10.3. The highest BCUT2D eigenvalue weighted by Crippen LogP contribution is 2.39. The van der Waals surface area contributed by atoms with Crippen molar-refractivity contribution in [3.63, 3.8) is 0 Å². The molecule has 0 aliphatic rings. The standard InChI is InChI=1S/C13H20NO3PS/c1-10(2)16-13(15)11(3)14-18(4,19)17-12-8-6-5-7-9-12/h5-11H,1-4H3,(H,14,19)/t11-,18?/m1/s1. The average molecular weight is 301 g/mol. The second-order valence-electron chi connectivity index (χ2n) is 4.59. The Bertz CT molecular complexity index is 464. The van der Waals surface area contributed by atoms with E-state index in [1.807, 2.05) is 44.2 Å².